The summed E-state index contributed by atoms with van der Waals surface area (Å²) in [7, 11) is 0. The zero-order valence-electron chi connectivity index (χ0n) is 9.05. The highest BCUT2D eigenvalue weighted by Gasteiger charge is 2.08. The first kappa shape index (κ1) is 11.7. The molecule has 90 valence electrons. The molecular weight excluding hydrogens is 319 g/mol. The van der Waals surface area contributed by atoms with Crippen molar-refractivity contribution < 1.29 is 4.39 Å². The van der Waals surface area contributed by atoms with Gasteiger partial charge in [0, 0.05) is 10.0 Å². The van der Waals surface area contributed by atoms with Crippen LogP contribution in [0, 0.1) is 5.82 Å². The predicted molar refractivity (Wildman–Crippen MR) is 74.2 cm³/mol. The van der Waals surface area contributed by atoms with Gasteiger partial charge in [0.2, 0.25) is 0 Å². The molecule has 1 heterocycles. The molecule has 0 radical (unpaired) electrons. The number of halogens is 3. The Labute approximate surface area is 116 Å². The topological polar surface area (TPSA) is 28.7 Å². The van der Waals surface area contributed by atoms with E-state index in [2.05, 4.69) is 25.9 Å². The van der Waals surface area contributed by atoms with Gasteiger partial charge < -0.3 is 4.98 Å². The Bertz CT molecular complexity index is 739. The second-order valence-electron chi connectivity index (χ2n) is 3.88. The van der Waals surface area contributed by atoms with Gasteiger partial charge in [0.05, 0.1) is 16.1 Å². The lowest BCUT2D eigenvalue weighted by molar-refractivity contribution is 0.628. The molecule has 2 nitrogen and oxygen atoms in total. The number of benzene rings is 2. The largest absolute Gasteiger partial charge is 0.338 e. The van der Waals surface area contributed by atoms with Crippen molar-refractivity contribution in [2.45, 2.75) is 0 Å². The fourth-order valence-electron chi connectivity index (χ4n) is 1.76. The third-order valence-electron chi connectivity index (χ3n) is 2.64. The molecule has 0 atom stereocenters. The number of fused-ring (bicyclic) bond motifs is 1. The molecule has 0 spiro atoms. The van der Waals surface area contributed by atoms with E-state index in [4.69, 9.17) is 11.6 Å². The highest BCUT2D eigenvalue weighted by atomic mass is 79.9. The van der Waals surface area contributed by atoms with Gasteiger partial charge in [0.1, 0.15) is 11.6 Å². The van der Waals surface area contributed by atoms with Gasteiger partial charge in [0.25, 0.3) is 0 Å². The van der Waals surface area contributed by atoms with E-state index in [0.717, 1.165) is 21.1 Å². The first-order valence-corrected chi connectivity index (χ1v) is 6.41. The van der Waals surface area contributed by atoms with Crippen molar-refractivity contribution in [1.29, 1.82) is 0 Å². The number of rotatable bonds is 1. The maximum Gasteiger partial charge on any atom is 0.141 e. The van der Waals surface area contributed by atoms with Crippen molar-refractivity contribution >= 4 is 38.6 Å². The second-order valence-corrected chi connectivity index (χ2v) is 5.20. The molecule has 0 saturated carbocycles. The average molecular weight is 326 g/mol. The minimum atomic E-state index is -0.431. The van der Waals surface area contributed by atoms with E-state index in [1.54, 1.807) is 12.1 Å². The lowest BCUT2D eigenvalue weighted by Gasteiger charge is -1.98. The summed E-state index contributed by atoms with van der Waals surface area (Å²) in [6.07, 6.45) is 0. The fourth-order valence-corrected chi connectivity index (χ4v) is 2.29. The lowest BCUT2D eigenvalue weighted by Crippen LogP contribution is -1.82. The van der Waals surface area contributed by atoms with E-state index in [0.29, 0.717) is 5.82 Å². The number of hydrogen-bond acceptors (Lipinski definition) is 1. The van der Waals surface area contributed by atoms with Gasteiger partial charge in [-0.2, -0.15) is 0 Å². The molecule has 0 unspecified atom stereocenters. The number of imidazole rings is 1. The first-order chi connectivity index (χ1) is 8.63. The van der Waals surface area contributed by atoms with Crippen LogP contribution < -0.4 is 0 Å². The van der Waals surface area contributed by atoms with Crippen molar-refractivity contribution in [1.82, 2.24) is 9.97 Å². The van der Waals surface area contributed by atoms with Crippen LogP contribution in [0.2, 0.25) is 5.02 Å². The maximum atomic E-state index is 13.1. The molecule has 2 aromatic carbocycles. The van der Waals surface area contributed by atoms with Gasteiger partial charge in [-0.1, -0.05) is 27.5 Å². The summed E-state index contributed by atoms with van der Waals surface area (Å²) in [5.74, 6) is 0.240. The van der Waals surface area contributed by atoms with Gasteiger partial charge >= 0.3 is 0 Å². The van der Waals surface area contributed by atoms with Crippen LogP contribution in [0.5, 0.6) is 0 Å². The Morgan fingerprint density at radius 2 is 2.00 bits per heavy atom. The standard InChI is InChI=1S/C13H7BrClFN2/c14-8-2-4-11-12(6-8)18-13(17-11)7-1-3-10(16)9(15)5-7/h1-6H,(H,17,18). The maximum absolute atomic E-state index is 13.1. The smallest absolute Gasteiger partial charge is 0.141 e. The van der Waals surface area contributed by atoms with Crippen LogP contribution >= 0.6 is 27.5 Å². The minimum Gasteiger partial charge on any atom is -0.338 e. The van der Waals surface area contributed by atoms with E-state index in [1.807, 2.05) is 18.2 Å². The quantitative estimate of drug-likeness (QED) is 0.685. The zero-order valence-corrected chi connectivity index (χ0v) is 11.4. The number of hydrogen-bond donors (Lipinski definition) is 1. The van der Waals surface area contributed by atoms with Crippen molar-refractivity contribution in [3.8, 4) is 11.4 Å². The van der Waals surface area contributed by atoms with Crippen molar-refractivity contribution in [3.05, 3.63) is 51.7 Å². The van der Waals surface area contributed by atoms with Crippen LogP contribution in [0.4, 0.5) is 4.39 Å². The van der Waals surface area contributed by atoms with Crippen LogP contribution in [0.3, 0.4) is 0 Å². The van der Waals surface area contributed by atoms with Gasteiger partial charge in [0.15, 0.2) is 0 Å². The average Bonchev–Trinajstić information content (AvgIpc) is 2.75. The second kappa shape index (κ2) is 4.37. The molecule has 0 aliphatic heterocycles. The van der Waals surface area contributed by atoms with Crippen LogP contribution in [0.25, 0.3) is 22.4 Å². The molecule has 0 bridgehead atoms. The van der Waals surface area contributed by atoms with Crippen LogP contribution in [0.1, 0.15) is 0 Å². The summed E-state index contributed by atoms with van der Waals surface area (Å²) in [5, 5.41) is 0.0918. The molecule has 1 aromatic heterocycles. The lowest BCUT2D eigenvalue weighted by atomic mass is 10.2. The minimum absolute atomic E-state index is 0.0918. The van der Waals surface area contributed by atoms with Crippen LogP contribution in [-0.4, -0.2) is 9.97 Å². The number of aromatic nitrogens is 2. The fraction of sp³-hybridized carbons (Fsp3) is 0. The number of nitrogens with zero attached hydrogens (tertiary/aromatic N) is 1. The number of aromatic amines is 1. The summed E-state index contributed by atoms with van der Waals surface area (Å²) in [5.41, 5.74) is 2.53. The van der Waals surface area contributed by atoms with Crippen molar-refractivity contribution in [3.63, 3.8) is 0 Å². The number of H-pyrrole nitrogens is 1. The summed E-state index contributed by atoms with van der Waals surface area (Å²) in [6.45, 7) is 0. The van der Waals surface area contributed by atoms with E-state index in [-0.39, 0.29) is 5.02 Å². The molecule has 5 heteroatoms. The van der Waals surface area contributed by atoms with E-state index in [9.17, 15) is 4.39 Å². The Morgan fingerprint density at radius 1 is 1.17 bits per heavy atom. The summed E-state index contributed by atoms with van der Waals surface area (Å²) in [4.78, 5) is 7.62. The Morgan fingerprint density at radius 3 is 2.78 bits per heavy atom. The van der Waals surface area contributed by atoms with Crippen molar-refractivity contribution in [2.24, 2.45) is 0 Å². The summed E-state index contributed by atoms with van der Waals surface area (Å²) >= 11 is 9.16. The van der Waals surface area contributed by atoms with Gasteiger partial charge in [-0.25, -0.2) is 9.37 Å². The van der Waals surface area contributed by atoms with E-state index < -0.39 is 5.82 Å². The van der Waals surface area contributed by atoms with Gasteiger partial charge in [-0.3, -0.25) is 0 Å². The molecule has 1 N–H and O–H groups in total. The van der Waals surface area contributed by atoms with Gasteiger partial charge in [-0.05, 0) is 36.4 Å². The molecule has 0 amide bonds. The molecular formula is C13H7BrClFN2. The Kier molecular flexibility index (Phi) is 2.84. The summed E-state index contributed by atoms with van der Waals surface area (Å²) < 4.78 is 14.1. The van der Waals surface area contributed by atoms with Crippen LogP contribution in [0.15, 0.2) is 40.9 Å². The predicted octanol–water partition coefficient (Wildman–Crippen LogP) is 4.78. The van der Waals surface area contributed by atoms with Crippen LogP contribution in [-0.2, 0) is 0 Å². The molecule has 0 aliphatic rings. The summed E-state index contributed by atoms with van der Waals surface area (Å²) in [6, 6.07) is 10.3. The highest BCUT2D eigenvalue weighted by molar-refractivity contribution is 9.10. The molecule has 18 heavy (non-hydrogen) atoms. The normalized spacial score (nSPS) is 11.1. The monoisotopic (exact) mass is 324 g/mol. The third kappa shape index (κ3) is 2.02. The molecule has 0 fully saturated rings. The SMILES string of the molecule is Fc1ccc(-c2nc3cc(Br)ccc3[nH]2)cc1Cl. The Balaban J connectivity index is 2.16. The third-order valence-corrected chi connectivity index (χ3v) is 3.42. The molecule has 0 aliphatic carbocycles. The molecule has 0 saturated heterocycles. The highest BCUT2D eigenvalue weighted by Crippen LogP contribution is 2.26. The van der Waals surface area contributed by atoms with Crippen molar-refractivity contribution in [2.75, 3.05) is 0 Å². The molecule has 3 rings (SSSR count). The zero-order chi connectivity index (χ0) is 12.7. The first-order valence-electron chi connectivity index (χ1n) is 5.24. The number of nitrogens with one attached hydrogen (secondary N) is 1. The molecule has 3 aromatic rings. The van der Waals surface area contributed by atoms with Gasteiger partial charge in [-0.15, -0.1) is 0 Å². The van der Waals surface area contributed by atoms with E-state index >= 15 is 0 Å². The van der Waals surface area contributed by atoms with E-state index in [1.165, 1.54) is 6.07 Å². The Hall–Kier alpha value is -1.39.